The van der Waals surface area contributed by atoms with Crippen LogP contribution in [-0.4, -0.2) is 6.54 Å². The van der Waals surface area contributed by atoms with E-state index in [1.165, 1.54) is 0 Å². The predicted octanol–water partition coefficient (Wildman–Crippen LogP) is 4.44. The van der Waals surface area contributed by atoms with Gasteiger partial charge in [-0.2, -0.15) is 0 Å². The van der Waals surface area contributed by atoms with Gasteiger partial charge in [0.15, 0.2) is 0 Å². The lowest BCUT2D eigenvalue weighted by atomic mass is 10.0. The molecule has 84 valence electrons. The van der Waals surface area contributed by atoms with Crippen molar-refractivity contribution in [1.82, 2.24) is 5.32 Å². The minimum absolute atomic E-state index is 0.328. The van der Waals surface area contributed by atoms with Crippen LogP contribution in [0.2, 0.25) is 10.0 Å². The molecule has 0 spiro atoms. The van der Waals surface area contributed by atoms with E-state index in [4.69, 9.17) is 23.2 Å². The summed E-state index contributed by atoms with van der Waals surface area (Å²) in [7, 11) is 0. The molecule has 0 amide bonds. The van der Waals surface area contributed by atoms with Gasteiger partial charge in [-0.1, -0.05) is 43.1 Å². The van der Waals surface area contributed by atoms with Gasteiger partial charge in [-0.15, -0.1) is 0 Å². The summed E-state index contributed by atoms with van der Waals surface area (Å²) >= 11 is 12.0. The molecule has 1 nitrogen and oxygen atoms in total. The van der Waals surface area contributed by atoms with Crippen molar-refractivity contribution in [3.8, 4) is 0 Å². The minimum Gasteiger partial charge on any atom is -0.310 e. The Kier molecular flexibility index (Phi) is 5.44. The van der Waals surface area contributed by atoms with Crippen molar-refractivity contribution in [1.29, 1.82) is 0 Å². The third-order valence-corrected chi connectivity index (χ3v) is 2.95. The smallest absolute Gasteiger partial charge is 0.0468 e. The fourth-order valence-corrected chi connectivity index (χ4v) is 2.12. The maximum atomic E-state index is 6.16. The van der Waals surface area contributed by atoms with E-state index in [9.17, 15) is 0 Å². The van der Waals surface area contributed by atoms with Crippen molar-refractivity contribution in [2.45, 2.75) is 32.7 Å². The van der Waals surface area contributed by atoms with E-state index in [2.05, 4.69) is 19.2 Å². The van der Waals surface area contributed by atoms with Crippen LogP contribution in [0, 0.1) is 0 Å². The highest BCUT2D eigenvalue weighted by Crippen LogP contribution is 2.27. The van der Waals surface area contributed by atoms with Crippen LogP contribution in [0.15, 0.2) is 18.2 Å². The molecule has 0 aliphatic heterocycles. The van der Waals surface area contributed by atoms with Crippen LogP contribution < -0.4 is 5.32 Å². The number of nitrogens with one attached hydrogen (secondary N) is 1. The van der Waals surface area contributed by atoms with Crippen LogP contribution in [0.5, 0.6) is 0 Å². The maximum absolute atomic E-state index is 6.16. The first-order valence-corrected chi connectivity index (χ1v) is 6.13. The van der Waals surface area contributed by atoms with E-state index in [0.29, 0.717) is 11.1 Å². The van der Waals surface area contributed by atoms with Crippen molar-refractivity contribution in [2.24, 2.45) is 0 Å². The molecule has 1 atom stereocenters. The van der Waals surface area contributed by atoms with Crippen LogP contribution in [0.3, 0.4) is 0 Å². The first kappa shape index (κ1) is 12.8. The van der Waals surface area contributed by atoms with Crippen LogP contribution in [0.1, 0.15) is 38.3 Å². The highest BCUT2D eigenvalue weighted by Gasteiger charge is 2.11. The Morgan fingerprint density at radius 2 is 2.00 bits per heavy atom. The molecule has 0 bridgehead atoms. The molecule has 0 heterocycles. The van der Waals surface area contributed by atoms with Gasteiger partial charge in [0.1, 0.15) is 0 Å². The SMILES string of the molecule is CCCNC(CC)c1ccc(Cl)cc1Cl. The highest BCUT2D eigenvalue weighted by molar-refractivity contribution is 6.35. The van der Waals surface area contributed by atoms with Crippen molar-refractivity contribution in [3.05, 3.63) is 33.8 Å². The van der Waals surface area contributed by atoms with E-state index in [1.807, 2.05) is 12.1 Å². The van der Waals surface area contributed by atoms with Gasteiger partial charge < -0.3 is 5.32 Å². The standard InChI is InChI=1S/C12H17Cl2N/c1-3-7-15-12(4-2)10-6-5-9(13)8-11(10)14/h5-6,8,12,15H,3-4,7H2,1-2H3. The van der Waals surface area contributed by atoms with E-state index in [1.54, 1.807) is 6.07 Å². The number of hydrogen-bond acceptors (Lipinski definition) is 1. The van der Waals surface area contributed by atoms with Crippen LogP contribution >= 0.6 is 23.2 Å². The molecular formula is C12H17Cl2N. The molecule has 0 aliphatic carbocycles. The quantitative estimate of drug-likeness (QED) is 0.809. The Labute approximate surface area is 102 Å². The summed E-state index contributed by atoms with van der Waals surface area (Å²) in [5.74, 6) is 0. The lowest BCUT2D eigenvalue weighted by Crippen LogP contribution is -2.21. The fourth-order valence-electron chi connectivity index (χ4n) is 1.58. The molecule has 1 rings (SSSR count). The number of rotatable bonds is 5. The second-order valence-electron chi connectivity index (χ2n) is 3.58. The Morgan fingerprint density at radius 3 is 2.53 bits per heavy atom. The molecule has 15 heavy (non-hydrogen) atoms. The summed E-state index contributed by atoms with van der Waals surface area (Å²) in [6.45, 7) is 5.32. The van der Waals surface area contributed by atoms with Crippen molar-refractivity contribution in [2.75, 3.05) is 6.54 Å². The maximum Gasteiger partial charge on any atom is 0.0468 e. The molecule has 0 saturated heterocycles. The van der Waals surface area contributed by atoms with Gasteiger partial charge in [-0.3, -0.25) is 0 Å². The van der Waals surface area contributed by atoms with Crippen molar-refractivity contribution in [3.63, 3.8) is 0 Å². The first-order chi connectivity index (χ1) is 7.19. The molecule has 0 radical (unpaired) electrons. The number of benzene rings is 1. The monoisotopic (exact) mass is 245 g/mol. The summed E-state index contributed by atoms with van der Waals surface area (Å²) in [5, 5.41) is 4.91. The van der Waals surface area contributed by atoms with Gasteiger partial charge >= 0.3 is 0 Å². The van der Waals surface area contributed by atoms with E-state index in [-0.39, 0.29) is 0 Å². The van der Waals surface area contributed by atoms with Crippen LogP contribution in [-0.2, 0) is 0 Å². The zero-order valence-corrected chi connectivity index (χ0v) is 10.7. The molecule has 0 saturated carbocycles. The molecule has 1 N–H and O–H groups in total. The summed E-state index contributed by atoms with van der Waals surface area (Å²) in [4.78, 5) is 0. The lowest BCUT2D eigenvalue weighted by Gasteiger charge is -2.18. The topological polar surface area (TPSA) is 12.0 Å². The third-order valence-electron chi connectivity index (χ3n) is 2.39. The Morgan fingerprint density at radius 1 is 1.27 bits per heavy atom. The third kappa shape index (κ3) is 3.67. The molecule has 1 aromatic rings. The zero-order chi connectivity index (χ0) is 11.3. The first-order valence-electron chi connectivity index (χ1n) is 5.37. The number of hydrogen-bond donors (Lipinski definition) is 1. The molecule has 3 heteroatoms. The van der Waals surface area contributed by atoms with Gasteiger partial charge in [0.05, 0.1) is 0 Å². The lowest BCUT2D eigenvalue weighted by molar-refractivity contribution is 0.518. The van der Waals surface area contributed by atoms with Gasteiger partial charge in [0.25, 0.3) is 0 Å². The molecule has 1 aromatic carbocycles. The molecule has 0 fully saturated rings. The average molecular weight is 246 g/mol. The highest BCUT2D eigenvalue weighted by atomic mass is 35.5. The number of halogens is 2. The summed E-state index contributed by atoms with van der Waals surface area (Å²) in [6, 6.07) is 6.02. The summed E-state index contributed by atoms with van der Waals surface area (Å²) < 4.78 is 0. The van der Waals surface area contributed by atoms with Gasteiger partial charge in [0, 0.05) is 16.1 Å². The minimum atomic E-state index is 0.328. The Balaban J connectivity index is 2.81. The van der Waals surface area contributed by atoms with Crippen molar-refractivity contribution >= 4 is 23.2 Å². The largest absolute Gasteiger partial charge is 0.310 e. The molecule has 0 aliphatic rings. The van der Waals surface area contributed by atoms with E-state index < -0.39 is 0 Å². The second kappa shape index (κ2) is 6.37. The van der Waals surface area contributed by atoms with Crippen LogP contribution in [0.4, 0.5) is 0 Å². The van der Waals surface area contributed by atoms with E-state index in [0.717, 1.165) is 30.0 Å². The molecular weight excluding hydrogens is 229 g/mol. The Hall–Kier alpha value is -0.240. The average Bonchev–Trinajstić information content (AvgIpc) is 2.21. The van der Waals surface area contributed by atoms with E-state index >= 15 is 0 Å². The zero-order valence-electron chi connectivity index (χ0n) is 9.19. The summed E-state index contributed by atoms with van der Waals surface area (Å²) in [5.41, 5.74) is 1.14. The predicted molar refractivity (Wildman–Crippen MR) is 67.8 cm³/mol. The Bertz CT molecular complexity index is 312. The normalized spacial score (nSPS) is 12.8. The van der Waals surface area contributed by atoms with Crippen LogP contribution in [0.25, 0.3) is 0 Å². The van der Waals surface area contributed by atoms with Crippen molar-refractivity contribution < 1.29 is 0 Å². The summed E-state index contributed by atoms with van der Waals surface area (Å²) in [6.07, 6.45) is 2.16. The van der Waals surface area contributed by atoms with Gasteiger partial charge in [0.2, 0.25) is 0 Å². The second-order valence-corrected chi connectivity index (χ2v) is 4.42. The molecule has 1 unspecified atom stereocenters. The van der Waals surface area contributed by atoms with Gasteiger partial charge in [-0.05, 0) is 37.1 Å². The fraction of sp³-hybridized carbons (Fsp3) is 0.500. The van der Waals surface area contributed by atoms with Gasteiger partial charge in [-0.25, -0.2) is 0 Å². The molecule has 0 aromatic heterocycles.